The van der Waals surface area contributed by atoms with Crippen molar-refractivity contribution >= 4 is 16.8 Å². The van der Waals surface area contributed by atoms with Gasteiger partial charge in [0.15, 0.2) is 0 Å². The van der Waals surface area contributed by atoms with Crippen molar-refractivity contribution in [3.63, 3.8) is 0 Å². The molecule has 1 aromatic carbocycles. The van der Waals surface area contributed by atoms with Crippen LogP contribution in [-0.4, -0.2) is 64.5 Å². The Bertz CT molecular complexity index is 994. The molecule has 0 spiro atoms. The molecule has 2 aromatic heterocycles. The number of nitrogens with zero attached hydrogens (tertiary/aromatic N) is 4. The molecule has 0 saturated carbocycles. The number of rotatable bonds is 6. The lowest BCUT2D eigenvalue weighted by Gasteiger charge is -2.29. The Balaban J connectivity index is 1.56. The lowest BCUT2D eigenvalue weighted by Crippen LogP contribution is -2.46. The SMILES string of the molecule is Cc1ccnn1Cc1cc(C(=O)NC(C)CN2CCOCC2)c2ccccc2n1. The predicted octanol–water partition coefficient (Wildman–Crippen LogP) is 2.24. The molecule has 4 rings (SSSR count). The van der Waals surface area contributed by atoms with E-state index in [1.165, 1.54) is 0 Å². The zero-order chi connectivity index (χ0) is 20.2. The van der Waals surface area contributed by atoms with Gasteiger partial charge in [0.05, 0.1) is 36.5 Å². The van der Waals surface area contributed by atoms with Crippen LogP contribution in [0.25, 0.3) is 10.9 Å². The maximum Gasteiger partial charge on any atom is 0.252 e. The number of morpholine rings is 1. The summed E-state index contributed by atoms with van der Waals surface area (Å²) >= 11 is 0. The number of hydrogen-bond acceptors (Lipinski definition) is 5. The second kappa shape index (κ2) is 8.71. The van der Waals surface area contributed by atoms with Gasteiger partial charge in [0.2, 0.25) is 0 Å². The van der Waals surface area contributed by atoms with E-state index in [0.29, 0.717) is 12.1 Å². The number of amides is 1. The maximum atomic E-state index is 13.1. The molecule has 7 nitrogen and oxygen atoms in total. The van der Waals surface area contributed by atoms with Crippen LogP contribution in [0.2, 0.25) is 0 Å². The van der Waals surface area contributed by atoms with Crippen molar-refractivity contribution in [1.82, 2.24) is 25.0 Å². The number of carbonyl (C=O) groups excluding carboxylic acids is 1. The summed E-state index contributed by atoms with van der Waals surface area (Å²) in [5.41, 5.74) is 3.36. The number of para-hydroxylation sites is 1. The van der Waals surface area contributed by atoms with Gasteiger partial charge in [-0.05, 0) is 32.0 Å². The first-order chi connectivity index (χ1) is 14.1. The minimum absolute atomic E-state index is 0.0457. The molecular formula is C22H27N5O2. The number of aromatic nitrogens is 3. The number of hydrogen-bond donors (Lipinski definition) is 1. The van der Waals surface area contributed by atoms with Crippen molar-refractivity contribution in [2.75, 3.05) is 32.8 Å². The third-order valence-electron chi connectivity index (χ3n) is 5.27. The highest BCUT2D eigenvalue weighted by Gasteiger charge is 2.18. The highest BCUT2D eigenvalue weighted by Crippen LogP contribution is 2.19. The summed E-state index contributed by atoms with van der Waals surface area (Å²) in [6, 6.07) is 11.7. The van der Waals surface area contributed by atoms with Gasteiger partial charge in [-0.2, -0.15) is 5.10 Å². The minimum Gasteiger partial charge on any atom is -0.379 e. The number of ether oxygens (including phenoxy) is 1. The molecule has 1 fully saturated rings. The number of fused-ring (bicyclic) bond motifs is 1. The molecule has 1 atom stereocenters. The molecule has 0 radical (unpaired) electrons. The van der Waals surface area contributed by atoms with E-state index in [-0.39, 0.29) is 11.9 Å². The van der Waals surface area contributed by atoms with Crippen LogP contribution in [-0.2, 0) is 11.3 Å². The number of nitrogens with one attached hydrogen (secondary N) is 1. The normalized spacial score (nSPS) is 16.1. The average Bonchev–Trinajstić information content (AvgIpc) is 3.12. The second-order valence-corrected chi connectivity index (χ2v) is 7.60. The van der Waals surface area contributed by atoms with Crippen LogP contribution in [0.4, 0.5) is 0 Å². The quantitative estimate of drug-likeness (QED) is 0.695. The van der Waals surface area contributed by atoms with Gasteiger partial charge in [0.1, 0.15) is 0 Å². The number of aryl methyl sites for hydroxylation is 1. The largest absolute Gasteiger partial charge is 0.379 e. The summed E-state index contributed by atoms with van der Waals surface area (Å²) in [5.74, 6) is -0.0669. The third-order valence-corrected chi connectivity index (χ3v) is 5.27. The first-order valence-electron chi connectivity index (χ1n) is 10.1. The molecule has 0 aliphatic carbocycles. The monoisotopic (exact) mass is 393 g/mol. The molecule has 152 valence electrons. The Morgan fingerprint density at radius 2 is 2.03 bits per heavy atom. The van der Waals surface area contributed by atoms with Crippen LogP contribution >= 0.6 is 0 Å². The van der Waals surface area contributed by atoms with Crippen molar-refractivity contribution in [2.24, 2.45) is 0 Å². The van der Waals surface area contributed by atoms with Crippen LogP contribution in [0.3, 0.4) is 0 Å². The van der Waals surface area contributed by atoms with E-state index in [9.17, 15) is 4.79 Å². The molecule has 3 aromatic rings. The van der Waals surface area contributed by atoms with Gasteiger partial charge in [-0.1, -0.05) is 18.2 Å². The van der Waals surface area contributed by atoms with Crippen molar-refractivity contribution in [3.05, 3.63) is 59.5 Å². The molecule has 1 unspecified atom stereocenters. The molecule has 1 saturated heterocycles. The third kappa shape index (κ3) is 4.63. The van der Waals surface area contributed by atoms with E-state index in [2.05, 4.69) is 15.3 Å². The van der Waals surface area contributed by atoms with Crippen molar-refractivity contribution in [2.45, 2.75) is 26.4 Å². The minimum atomic E-state index is -0.0669. The Kier molecular flexibility index (Phi) is 5.87. The van der Waals surface area contributed by atoms with E-state index in [0.717, 1.165) is 55.1 Å². The van der Waals surface area contributed by atoms with Crippen LogP contribution < -0.4 is 5.32 Å². The molecule has 1 N–H and O–H groups in total. The smallest absolute Gasteiger partial charge is 0.252 e. The van der Waals surface area contributed by atoms with E-state index >= 15 is 0 Å². The maximum absolute atomic E-state index is 13.1. The number of carbonyl (C=O) groups is 1. The predicted molar refractivity (Wildman–Crippen MR) is 112 cm³/mol. The molecule has 7 heteroatoms. The van der Waals surface area contributed by atoms with E-state index in [1.54, 1.807) is 6.20 Å². The first kappa shape index (κ1) is 19.5. The fourth-order valence-electron chi connectivity index (χ4n) is 3.74. The lowest BCUT2D eigenvalue weighted by molar-refractivity contribution is 0.0342. The summed E-state index contributed by atoms with van der Waals surface area (Å²) in [5, 5.41) is 8.37. The summed E-state index contributed by atoms with van der Waals surface area (Å²) in [6.07, 6.45) is 1.78. The topological polar surface area (TPSA) is 72.3 Å². The molecule has 0 bridgehead atoms. The van der Waals surface area contributed by atoms with Gasteiger partial charge in [0.25, 0.3) is 5.91 Å². The molecule has 1 aliphatic rings. The standard InChI is InChI=1S/C22H27N5O2/c1-16(14-26-9-11-29-12-10-26)24-22(28)20-13-18(15-27-17(2)7-8-23-27)25-21-6-4-3-5-19(20)21/h3-8,13,16H,9-12,14-15H2,1-2H3,(H,24,28). The number of benzene rings is 1. The summed E-state index contributed by atoms with van der Waals surface area (Å²) in [7, 11) is 0. The fourth-order valence-corrected chi connectivity index (χ4v) is 3.74. The van der Waals surface area contributed by atoms with Gasteiger partial charge in [0, 0.05) is 43.0 Å². The molecule has 1 amide bonds. The van der Waals surface area contributed by atoms with Crippen LogP contribution in [0, 0.1) is 6.92 Å². The van der Waals surface area contributed by atoms with E-state index < -0.39 is 0 Å². The van der Waals surface area contributed by atoms with Crippen molar-refractivity contribution < 1.29 is 9.53 Å². The first-order valence-corrected chi connectivity index (χ1v) is 10.1. The van der Waals surface area contributed by atoms with E-state index in [4.69, 9.17) is 9.72 Å². The zero-order valence-corrected chi connectivity index (χ0v) is 17.0. The zero-order valence-electron chi connectivity index (χ0n) is 17.0. The lowest BCUT2D eigenvalue weighted by atomic mass is 10.1. The Labute approximate surface area is 170 Å². The van der Waals surface area contributed by atoms with Crippen molar-refractivity contribution in [1.29, 1.82) is 0 Å². The average molecular weight is 393 g/mol. The Morgan fingerprint density at radius 1 is 1.24 bits per heavy atom. The summed E-state index contributed by atoms with van der Waals surface area (Å²) < 4.78 is 7.29. The summed E-state index contributed by atoms with van der Waals surface area (Å²) in [6.45, 7) is 8.74. The van der Waals surface area contributed by atoms with Crippen LogP contribution in [0.5, 0.6) is 0 Å². The highest BCUT2D eigenvalue weighted by atomic mass is 16.5. The van der Waals surface area contributed by atoms with Gasteiger partial charge >= 0.3 is 0 Å². The van der Waals surface area contributed by atoms with Gasteiger partial charge < -0.3 is 10.1 Å². The van der Waals surface area contributed by atoms with Gasteiger partial charge in [-0.15, -0.1) is 0 Å². The van der Waals surface area contributed by atoms with Crippen LogP contribution in [0.1, 0.15) is 28.7 Å². The van der Waals surface area contributed by atoms with Crippen molar-refractivity contribution in [3.8, 4) is 0 Å². The molecule has 29 heavy (non-hydrogen) atoms. The molecular weight excluding hydrogens is 366 g/mol. The Morgan fingerprint density at radius 3 is 2.79 bits per heavy atom. The van der Waals surface area contributed by atoms with Gasteiger partial charge in [-0.25, -0.2) is 0 Å². The summed E-state index contributed by atoms with van der Waals surface area (Å²) in [4.78, 5) is 20.2. The Hall–Kier alpha value is -2.77. The molecule has 1 aliphatic heterocycles. The van der Waals surface area contributed by atoms with Crippen LogP contribution in [0.15, 0.2) is 42.6 Å². The van der Waals surface area contributed by atoms with E-state index in [1.807, 2.05) is 54.9 Å². The fraction of sp³-hybridized carbons (Fsp3) is 0.409. The second-order valence-electron chi connectivity index (χ2n) is 7.60. The van der Waals surface area contributed by atoms with Gasteiger partial charge in [-0.3, -0.25) is 19.4 Å². The number of pyridine rings is 1. The molecule has 3 heterocycles. The highest BCUT2D eigenvalue weighted by molar-refractivity contribution is 6.06.